The first kappa shape index (κ1) is 16.2. The molecule has 2 N–H and O–H groups in total. The third-order valence-electron chi connectivity index (χ3n) is 4.39. The highest BCUT2D eigenvalue weighted by atomic mass is 35.5. The zero-order valence-corrected chi connectivity index (χ0v) is 13.7. The second-order valence-electron chi connectivity index (χ2n) is 6.98. The first-order valence-corrected chi connectivity index (χ1v) is 7.91. The number of nitrogen functional groups attached to an aromatic ring is 1. The summed E-state index contributed by atoms with van der Waals surface area (Å²) in [4.78, 5) is 12.2. The standard InChI is InChI=1S/C17H24ClNO2/c1-17(2,3)11-4-7-13(8-5-11)21-16(20)14-9-6-12(19)10-15(14)18/h6,9-11,13H,4-5,7-8,19H2,1-3H3. The van der Waals surface area contributed by atoms with Crippen molar-refractivity contribution in [2.24, 2.45) is 11.3 Å². The predicted molar refractivity (Wildman–Crippen MR) is 86.5 cm³/mol. The van der Waals surface area contributed by atoms with E-state index < -0.39 is 0 Å². The monoisotopic (exact) mass is 309 g/mol. The van der Waals surface area contributed by atoms with Crippen molar-refractivity contribution in [1.29, 1.82) is 0 Å². The van der Waals surface area contributed by atoms with Crippen LogP contribution in [0.3, 0.4) is 0 Å². The van der Waals surface area contributed by atoms with E-state index in [1.165, 1.54) is 0 Å². The van der Waals surface area contributed by atoms with Gasteiger partial charge in [-0.3, -0.25) is 0 Å². The predicted octanol–water partition coefficient (Wildman–Crippen LogP) is 4.68. The minimum Gasteiger partial charge on any atom is -0.459 e. The quantitative estimate of drug-likeness (QED) is 0.637. The van der Waals surface area contributed by atoms with Gasteiger partial charge in [0.25, 0.3) is 0 Å². The van der Waals surface area contributed by atoms with Crippen LogP contribution in [-0.2, 0) is 4.74 Å². The van der Waals surface area contributed by atoms with Crippen molar-refractivity contribution in [2.75, 3.05) is 5.73 Å². The van der Waals surface area contributed by atoms with Gasteiger partial charge < -0.3 is 10.5 Å². The largest absolute Gasteiger partial charge is 0.459 e. The molecule has 1 aromatic rings. The molecule has 21 heavy (non-hydrogen) atoms. The zero-order valence-electron chi connectivity index (χ0n) is 13.0. The molecule has 0 radical (unpaired) electrons. The SMILES string of the molecule is CC(C)(C)C1CCC(OC(=O)c2ccc(N)cc2Cl)CC1. The number of halogens is 1. The van der Waals surface area contributed by atoms with E-state index in [1.54, 1.807) is 18.2 Å². The number of anilines is 1. The van der Waals surface area contributed by atoms with E-state index in [2.05, 4.69) is 20.8 Å². The van der Waals surface area contributed by atoms with Crippen LogP contribution in [0.15, 0.2) is 18.2 Å². The fraction of sp³-hybridized carbons (Fsp3) is 0.588. The maximum absolute atomic E-state index is 12.2. The van der Waals surface area contributed by atoms with Crippen LogP contribution in [-0.4, -0.2) is 12.1 Å². The number of nitrogens with two attached hydrogens (primary N) is 1. The van der Waals surface area contributed by atoms with Crippen LogP contribution in [0.1, 0.15) is 56.8 Å². The third-order valence-corrected chi connectivity index (χ3v) is 4.70. The van der Waals surface area contributed by atoms with Crippen LogP contribution < -0.4 is 5.73 Å². The Labute approximate surface area is 131 Å². The van der Waals surface area contributed by atoms with Gasteiger partial charge in [0.05, 0.1) is 10.6 Å². The molecule has 1 fully saturated rings. The number of carbonyl (C=O) groups is 1. The molecule has 1 saturated carbocycles. The molecule has 0 bridgehead atoms. The average molecular weight is 310 g/mol. The van der Waals surface area contributed by atoms with E-state index in [9.17, 15) is 4.79 Å². The first-order chi connectivity index (χ1) is 9.77. The molecule has 0 unspecified atom stereocenters. The zero-order chi connectivity index (χ0) is 15.6. The highest BCUT2D eigenvalue weighted by Gasteiger charge is 2.31. The van der Waals surface area contributed by atoms with Gasteiger partial charge in [0.15, 0.2) is 0 Å². The Morgan fingerprint density at radius 1 is 1.24 bits per heavy atom. The maximum atomic E-state index is 12.2. The number of esters is 1. The molecule has 0 spiro atoms. The highest BCUT2D eigenvalue weighted by molar-refractivity contribution is 6.33. The van der Waals surface area contributed by atoms with Gasteiger partial charge in [-0.05, 0) is 55.2 Å². The molecule has 1 aliphatic carbocycles. The van der Waals surface area contributed by atoms with Crippen LogP contribution in [0.5, 0.6) is 0 Å². The highest BCUT2D eigenvalue weighted by Crippen LogP contribution is 2.38. The Morgan fingerprint density at radius 2 is 1.86 bits per heavy atom. The van der Waals surface area contributed by atoms with Gasteiger partial charge >= 0.3 is 5.97 Å². The van der Waals surface area contributed by atoms with E-state index in [1.807, 2.05) is 0 Å². The summed E-state index contributed by atoms with van der Waals surface area (Å²) < 4.78 is 5.59. The summed E-state index contributed by atoms with van der Waals surface area (Å²) in [5.74, 6) is 0.353. The maximum Gasteiger partial charge on any atom is 0.339 e. The molecule has 1 aliphatic rings. The molecule has 3 nitrogen and oxygen atoms in total. The molecule has 1 aromatic carbocycles. The minimum absolute atomic E-state index is 0.00437. The lowest BCUT2D eigenvalue weighted by Crippen LogP contribution is -2.30. The number of hydrogen-bond acceptors (Lipinski definition) is 3. The van der Waals surface area contributed by atoms with Gasteiger partial charge in [0.1, 0.15) is 6.10 Å². The molecule has 0 atom stereocenters. The molecule has 2 rings (SSSR count). The van der Waals surface area contributed by atoms with Crippen molar-refractivity contribution in [1.82, 2.24) is 0 Å². The summed E-state index contributed by atoms with van der Waals surface area (Å²) in [5.41, 5.74) is 6.90. The smallest absolute Gasteiger partial charge is 0.339 e. The lowest BCUT2D eigenvalue weighted by Gasteiger charge is -2.36. The van der Waals surface area contributed by atoms with Crippen molar-refractivity contribution in [3.05, 3.63) is 28.8 Å². The van der Waals surface area contributed by atoms with Gasteiger partial charge in [0, 0.05) is 5.69 Å². The van der Waals surface area contributed by atoms with E-state index >= 15 is 0 Å². The number of ether oxygens (including phenoxy) is 1. The van der Waals surface area contributed by atoms with Gasteiger partial charge in [-0.2, -0.15) is 0 Å². The summed E-state index contributed by atoms with van der Waals surface area (Å²) in [6, 6.07) is 4.87. The van der Waals surface area contributed by atoms with Crippen molar-refractivity contribution in [2.45, 2.75) is 52.6 Å². The lowest BCUT2D eigenvalue weighted by atomic mass is 9.72. The van der Waals surface area contributed by atoms with E-state index in [0.717, 1.165) is 25.7 Å². The summed E-state index contributed by atoms with van der Waals surface area (Å²) in [6.07, 6.45) is 4.08. The minimum atomic E-state index is -0.348. The van der Waals surface area contributed by atoms with Crippen molar-refractivity contribution in [3.8, 4) is 0 Å². The number of hydrogen-bond donors (Lipinski definition) is 1. The van der Waals surface area contributed by atoms with Crippen molar-refractivity contribution < 1.29 is 9.53 Å². The van der Waals surface area contributed by atoms with Gasteiger partial charge in [-0.25, -0.2) is 4.79 Å². The Balaban J connectivity index is 1.93. The molecule has 4 heteroatoms. The third kappa shape index (κ3) is 4.13. The molecule has 0 saturated heterocycles. The normalized spacial score (nSPS) is 22.9. The van der Waals surface area contributed by atoms with Gasteiger partial charge in [-0.1, -0.05) is 32.4 Å². The lowest BCUT2D eigenvalue weighted by molar-refractivity contribution is 0.00932. The molecule has 116 valence electrons. The number of benzene rings is 1. The molecule has 0 aliphatic heterocycles. The Kier molecular flexibility index (Phi) is 4.82. The fourth-order valence-electron chi connectivity index (χ4n) is 2.96. The molecular formula is C17H24ClNO2. The Hall–Kier alpha value is -1.22. The second kappa shape index (κ2) is 6.27. The summed E-state index contributed by atoms with van der Waals surface area (Å²) in [6.45, 7) is 6.83. The van der Waals surface area contributed by atoms with Crippen LogP contribution in [0.4, 0.5) is 5.69 Å². The van der Waals surface area contributed by atoms with Gasteiger partial charge in [-0.15, -0.1) is 0 Å². The van der Waals surface area contributed by atoms with E-state index in [4.69, 9.17) is 22.1 Å². The summed E-state index contributed by atoms with van der Waals surface area (Å²) >= 11 is 6.04. The van der Waals surface area contributed by atoms with Crippen LogP contribution in [0, 0.1) is 11.3 Å². The van der Waals surface area contributed by atoms with Crippen LogP contribution in [0.25, 0.3) is 0 Å². The van der Waals surface area contributed by atoms with Crippen molar-refractivity contribution in [3.63, 3.8) is 0 Å². The fourth-order valence-corrected chi connectivity index (χ4v) is 3.22. The molecular weight excluding hydrogens is 286 g/mol. The average Bonchev–Trinajstić information content (AvgIpc) is 2.38. The second-order valence-corrected chi connectivity index (χ2v) is 7.39. The first-order valence-electron chi connectivity index (χ1n) is 7.53. The van der Waals surface area contributed by atoms with E-state index in [0.29, 0.717) is 27.6 Å². The summed E-state index contributed by atoms with van der Waals surface area (Å²) in [5, 5.41) is 0.350. The topological polar surface area (TPSA) is 52.3 Å². The molecule has 0 amide bonds. The van der Waals surface area contributed by atoms with Crippen molar-refractivity contribution >= 4 is 23.3 Å². The Bertz CT molecular complexity index is 514. The van der Waals surface area contributed by atoms with Gasteiger partial charge in [0.2, 0.25) is 0 Å². The molecule has 0 heterocycles. The number of rotatable bonds is 2. The number of carbonyl (C=O) groups excluding carboxylic acids is 1. The van der Waals surface area contributed by atoms with Crippen LogP contribution >= 0.6 is 11.6 Å². The Morgan fingerprint density at radius 3 is 2.38 bits per heavy atom. The van der Waals surface area contributed by atoms with Crippen LogP contribution in [0.2, 0.25) is 5.02 Å². The van der Waals surface area contributed by atoms with E-state index in [-0.39, 0.29) is 12.1 Å². The molecule has 0 aromatic heterocycles. The summed E-state index contributed by atoms with van der Waals surface area (Å²) in [7, 11) is 0.